The summed E-state index contributed by atoms with van der Waals surface area (Å²) >= 11 is 0. The summed E-state index contributed by atoms with van der Waals surface area (Å²) in [6, 6.07) is 20.3. The molecule has 2 rings (SSSR count). The van der Waals surface area contributed by atoms with Crippen LogP contribution in [0.3, 0.4) is 0 Å². The number of carbonyl (C=O) groups excluding carboxylic acids is 1. The fraction of sp³-hybridized carbons (Fsp3) is 0.278. The van der Waals surface area contributed by atoms with Gasteiger partial charge in [-0.05, 0) is 17.5 Å². The maximum Gasteiger partial charge on any atom is 0.224 e. The summed E-state index contributed by atoms with van der Waals surface area (Å²) in [5, 5.41) is 0. The van der Waals surface area contributed by atoms with Crippen molar-refractivity contribution in [3.63, 3.8) is 0 Å². The molecule has 0 spiro atoms. The Hall–Kier alpha value is -1.84. The Labute approximate surface area is 138 Å². The number of hydrogen-bond donors (Lipinski definition) is 1. The average Bonchev–Trinajstić information content (AvgIpc) is 2.53. The zero-order chi connectivity index (χ0) is 14.9. The molecule has 118 valence electrons. The van der Waals surface area contributed by atoms with Gasteiger partial charge in [0, 0.05) is 26.1 Å². The summed E-state index contributed by atoms with van der Waals surface area (Å²) in [6.45, 7) is 1.76. The first-order valence-corrected chi connectivity index (χ1v) is 7.35. The summed E-state index contributed by atoms with van der Waals surface area (Å²) in [7, 11) is 0. The molecule has 0 saturated carbocycles. The zero-order valence-corrected chi connectivity index (χ0v) is 13.5. The second-order valence-corrected chi connectivity index (χ2v) is 5.08. The van der Waals surface area contributed by atoms with Crippen molar-refractivity contribution in [2.45, 2.75) is 19.4 Å². The first-order chi connectivity index (χ1) is 10.3. The number of carbonyl (C=O) groups is 1. The molecule has 22 heavy (non-hydrogen) atoms. The lowest BCUT2D eigenvalue weighted by atomic mass is 10.1. The first kappa shape index (κ1) is 18.2. The molecule has 0 bridgehead atoms. The topological polar surface area (TPSA) is 46.3 Å². The Morgan fingerprint density at radius 1 is 0.909 bits per heavy atom. The Morgan fingerprint density at radius 2 is 1.45 bits per heavy atom. The van der Waals surface area contributed by atoms with Crippen molar-refractivity contribution < 1.29 is 4.79 Å². The van der Waals surface area contributed by atoms with Gasteiger partial charge in [-0.2, -0.15) is 0 Å². The highest BCUT2D eigenvalue weighted by molar-refractivity contribution is 5.85. The van der Waals surface area contributed by atoms with Crippen molar-refractivity contribution in [1.29, 1.82) is 0 Å². The molecule has 0 atom stereocenters. The van der Waals surface area contributed by atoms with E-state index in [1.54, 1.807) is 0 Å². The van der Waals surface area contributed by atoms with Crippen LogP contribution < -0.4 is 5.73 Å². The Bertz CT molecular complexity index is 546. The predicted octanol–water partition coefficient (Wildman–Crippen LogP) is 3.03. The van der Waals surface area contributed by atoms with E-state index >= 15 is 0 Å². The molecule has 0 radical (unpaired) electrons. The molecule has 0 unspecified atom stereocenters. The third-order valence-electron chi connectivity index (χ3n) is 3.44. The maximum atomic E-state index is 12.2. The molecule has 0 aromatic heterocycles. The van der Waals surface area contributed by atoms with E-state index < -0.39 is 0 Å². The van der Waals surface area contributed by atoms with E-state index in [0.717, 1.165) is 18.5 Å². The summed E-state index contributed by atoms with van der Waals surface area (Å²) in [6.07, 6.45) is 1.27. The van der Waals surface area contributed by atoms with Gasteiger partial charge in [-0.3, -0.25) is 4.79 Å². The number of nitrogens with two attached hydrogens (primary N) is 1. The lowest BCUT2D eigenvalue weighted by Gasteiger charge is -2.23. The fourth-order valence-corrected chi connectivity index (χ4v) is 2.29. The van der Waals surface area contributed by atoms with E-state index in [2.05, 4.69) is 12.1 Å². The standard InChI is InChI=1S/C18H22N2O.ClH/c19-13-11-18(21)20(15-17-9-5-2-6-10-17)14-12-16-7-3-1-4-8-16;/h1-10H,11-15,19H2;1H. The van der Waals surface area contributed by atoms with Crippen molar-refractivity contribution in [1.82, 2.24) is 4.90 Å². The van der Waals surface area contributed by atoms with Gasteiger partial charge in [0.25, 0.3) is 0 Å². The third kappa shape index (κ3) is 5.88. The van der Waals surface area contributed by atoms with Gasteiger partial charge in [0.2, 0.25) is 5.91 Å². The van der Waals surface area contributed by atoms with Crippen LogP contribution in [0, 0.1) is 0 Å². The monoisotopic (exact) mass is 318 g/mol. The van der Waals surface area contributed by atoms with E-state index in [9.17, 15) is 4.79 Å². The van der Waals surface area contributed by atoms with E-state index in [1.807, 2.05) is 53.4 Å². The molecule has 2 N–H and O–H groups in total. The molecule has 2 aromatic carbocycles. The van der Waals surface area contributed by atoms with Crippen LogP contribution in [0.15, 0.2) is 60.7 Å². The number of amides is 1. The van der Waals surface area contributed by atoms with E-state index in [4.69, 9.17) is 5.73 Å². The van der Waals surface area contributed by atoms with Crippen molar-refractivity contribution in [3.05, 3.63) is 71.8 Å². The summed E-state index contributed by atoms with van der Waals surface area (Å²) in [4.78, 5) is 14.1. The Morgan fingerprint density at radius 3 is 2.00 bits per heavy atom. The zero-order valence-electron chi connectivity index (χ0n) is 12.7. The molecule has 0 aliphatic carbocycles. The van der Waals surface area contributed by atoms with Gasteiger partial charge in [0.1, 0.15) is 0 Å². The number of rotatable bonds is 7. The maximum absolute atomic E-state index is 12.2. The quantitative estimate of drug-likeness (QED) is 0.853. The summed E-state index contributed by atoms with van der Waals surface area (Å²) in [5.41, 5.74) is 7.92. The van der Waals surface area contributed by atoms with Crippen molar-refractivity contribution in [2.75, 3.05) is 13.1 Å². The molecule has 0 aliphatic heterocycles. The largest absolute Gasteiger partial charge is 0.338 e. The second kappa shape index (κ2) is 9.98. The SMILES string of the molecule is Cl.NCCC(=O)N(CCc1ccccc1)Cc1ccccc1. The van der Waals surface area contributed by atoms with Gasteiger partial charge in [-0.15, -0.1) is 12.4 Å². The highest BCUT2D eigenvalue weighted by Crippen LogP contribution is 2.08. The highest BCUT2D eigenvalue weighted by Gasteiger charge is 2.13. The van der Waals surface area contributed by atoms with Gasteiger partial charge in [-0.1, -0.05) is 60.7 Å². The number of halogens is 1. The molecule has 0 heterocycles. The Kier molecular flexibility index (Phi) is 8.26. The van der Waals surface area contributed by atoms with Crippen LogP contribution in [0.1, 0.15) is 17.5 Å². The van der Waals surface area contributed by atoms with Crippen LogP contribution in [-0.4, -0.2) is 23.9 Å². The number of hydrogen-bond acceptors (Lipinski definition) is 2. The van der Waals surface area contributed by atoms with E-state index in [-0.39, 0.29) is 18.3 Å². The van der Waals surface area contributed by atoms with Gasteiger partial charge in [-0.25, -0.2) is 0 Å². The van der Waals surface area contributed by atoms with Crippen LogP contribution in [0.2, 0.25) is 0 Å². The minimum Gasteiger partial charge on any atom is -0.338 e. The number of benzene rings is 2. The van der Waals surface area contributed by atoms with E-state index in [1.165, 1.54) is 5.56 Å². The molecule has 0 fully saturated rings. The van der Waals surface area contributed by atoms with Crippen LogP contribution in [0.4, 0.5) is 0 Å². The molecule has 0 saturated heterocycles. The van der Waals surface area contributed by atoms with Gasteiger partial charge < -0.3 is 10.6 Å². The van der Waals surface area contributed by atoms with Crippen LogP contribution in [0.5, 0.6) is 0 Å². The number of nitrogens with zero attached hydrogens (tertiary/aromatic N) is 1. The van der Waals surface area contributed by atoms with Crippen molar-refractivity contribution in [2.24, 2.45) is 5.73 Å². The lowest BCUT2D eigenvalue weighted by Crippen LogP contribution is -2.33. The minimum atomic E-state index is 0. The highest BCUT2D eigenvalue weighted by atomic mass is 35.5. The Balaban J connectivity index is 0.00000242. The van der Waals surface area contributed by atoms with Gasteiger partial charge in [0.15, 0.2) is 0 Å². The molecule has 1 amide bonds. The molecule has 3 nitrogen and oxygen atoms in total. The fourth-order valence-electron chi connectivity index (χ4n) is 2.29. The van der Waals surface area contributed by atoms with Gasteiger partial charge >= 0.3 is 0 Å². The first-order valence-electron chi connectivity index (χ1n) is 7.35. The predicted molar refractivity (Wildman–Crippen MR) is 92.9 cm³/mol. The third-order valence-corrected chi connectivity index (χ3v) is 3.44. The van der Waals surface area contributed by atoms with Crippen LogP contribution in [-0.2, 0) is 17.8 Å². The summed E-state index contributed by atoms with van der Waals surface area (Å²) < 4.78 is 0. The molecular formula is C18H23ClN2O. The molecule has 4 heteroatoms. The normalized spacial score (nSPS) is 9.86. The minimum absolute atomic E-state index is 0. The smallest absolute Gasteiger partial charge is 0.224 e. The van der Waals surface area contributed by atoms with Crippen molar-refractivity contribution in [3.8, 4) is 0 Å². The lowest BCUT2D eigenvalue weighted by molar-refractivity contribution is -0.131. The van der Waals surface area contributed by atoms with Gasteiger partial charge in [0.05, 0.1) is 0 Å². The van der Waals surface area contributed by atoms with Crippen LogP contribution in [0.25, 0.3) is 0 Å². The summed E-state index contributed by atoms with van der Waals surface area (Å²) in [5.74, 6) is 0.122. The molecule has 2 aromatic rings. The van der Waals surface area contributed by atoms with E-state index in [0.29, 0.717) is 19.5 Å². The molecular weight excluding hydrogens is 296 g/mol. The van der Waals surface area contributed by atoms with Crippen LogP contribution >= 0.6 is 12.4 Å². The van der Waals surface area contributed by atoms with Crippen molar-refractivity contribution >= 4 is 18.3 Å². The molecule has 0 aliphatic rings. The second-order valence-electron chi connectivity index (χ2n) is 5.08. The average molecular weight is 319 g/mol.